The van der Waals surface area contributed by atoms with Crippen molar-refractivity contribution in [1.82, 2.24) is 10.3 Å². The molecule has 2 heterocycles. The summed E-state index contributed by atoms with van der Waals surface area (Å²) in [5, 5.41) is 4.98. The molecule has 112 valence electrons. The summed E-state index contributed by atoms with van der Waals surface area (Å²) in [4.78, 5) is 8.99. The summed E-state index contributed by atoms with van der Waals surface area (Å²) in [5.74, 6) is 1.59. The van der Waals surface area contributed by atoms with Gasteiger partial charge in [0.15, 0.2) is 5.13 Å². The Kier molecular flexibility index (Phi) is 4.32. The lowest BCUT2D eigenvalue weighted by Gasteiger charge is -2.22. The van der Waals surface area contributed by atoms with Gasteiger partial charge in [-0.2, -0.15) is 0 Å². The molecule has 2 aliphatic rings. The van der Waals surface area contributed by atoms with Gasteiger partial charge in [-0.05, 0) is 44.1 Å². The van der Waals surface area contributed by atoms with Crippen LogP contribution >= 0.6 is 11.3 Å². The molecule has 1 aromatic heterocycles. The summed E-state index contributed by atoms with van der Waals surface area (Å²) in [5.41, 5.74) is 1.37. The van der Waals surface area contributed by atoms with Crippen LogP contribution in [0, 0.1) is 11.8 Å². The predicted octanol–water partition coefficient (Wildman–Crippen LogP) is 3.61. The van der Waals surface area contributed by atoms with Gasteiger partial charge in [0.1, 0.15) is 0 Å². The van der Waals surface area contributed by atoms with Gasteiger partial charge in [0.2, 0.25) is 0 Å². The molecule has 1 aliphatic carbocycles. The molecule has 1 aromatic rings. The predicted molar refractivity (Wildman–Crippen MR) is 86.6 cm³/mol. The zero-order valence-electron chi connectivity index (χ0n) is 13.0. The van der Waals surface area contributed by atoms with Crippen LogP contribution < -0.4 is 10.2 Å². The quantitative estimate of drug-likeness (QED) is 0.919. The van der Waals surface area contributed by atoms with Crippen LogP contribution in [0.15, 0.2) is 0 Å². The number of hydrogen-bond donors (Lipinski definition) is 1. The van der Waals surface area contributed by atoms with E-state index in [1.54, 1.807) is 0 Å². The second-order valence-corrected chi connectivity index (χ2v) is 7.57. The van der Waals surface area contributed by atoms with Gasteiger partial charge in [0.25, 0.3) is 0 Å². The molecule has 3 unspecified atom stereocenters. The Morgan fingerprint density at radius 3 is 2.75 bits per heavy atom. The van der Waals surface area contributed by atoms with Gasteiger partial charge in [0.05, 0.1) is 5.69 Å². The minimum absolute atomic E-state index is 0.558. The third-order valence-corrected chi connectivity index (χ3v) is 6.11. The minimum atomic E-state index is 0.558. The molecule has 1 saturated heterocycles. The molecule has 0 radical (unpaired) electrons. The fourth-order valence-corrected chi connectivity index (χ4v) is 4.58. The number of rotatable bonds is 4. The van der Waals surface area contributed by atoms with Gasteiger partial charge in [-0.1, -0.05) is 32.1 Å². The van der Waals surface area contributed by atoms with Crippen LogP contribution in [-0.2, 0) is 6.42 Å². The summed E-state index contributed by atoms with van der Waals surface area (Å²) in [6.45, 7) is 10.5. The molecule has 3 nitrogen and oxygen atoms in total. The third kappa shape index (κ3) is 2.73. The molecular formula is C16H27N3S. The summed E-state index contributed by atoms with van der Waals surface area (Å²) in [6.07, 6.45) is 4.94. The highest BCUT2D eigenvalue weighted by Crippen LogP contribution is 2.39. The van der Waals surface area contributed by atoms with E-state index in [2.05, 4.69) is 31.0 Å². The number of thiazole rings is 1. The molecule has 0 saturated carbocycles. The SMILES string of the molecule is CCCNC1CCCc2nc(N3CC(C)C(C)C3)sc21. The average molecular weight is 293 g/mol. The zero-order valence-corrected chi connectivity index (χ0v) is 13.8. The highest BCUT2D eigenvalue weighted by Gasteiger charge is 2.31. The maximum absolute atomic E-state index is 4.96. The second kappa shape index (κ2) is 6.02. The smallest absolute Gasteiger partial charge is 0.185 e. The molecule has 0 bridgehead atoms. The Balaban J connectivity index is 1.77. The van der Waals surface area contributed by atoms with Crippen LogP contribution in [-0.4, -0.2) is 24.6 Å². The van der Waals surface area contributed by atoms with E-state index in [4.69, 9.17) is 4.98 Å². The number of anilines is 1. The van der Waals surface area contributed by atoms with Crippen molar-refractivity contribution in [2.75, 3.05) is 24.5 Å². The van der Waals surface area contributed by atoms with Crippen molar-refractivity contribution >= 4 is 16.5 Å². The molecule has 0 amide bonds. The molecule has 3 rings (SSSR count). The highest BCUT2D eigenvalue weighted by molar-refractivity contribution is 7.15. The molecular weight excluding hydrogens is 266 g/mol. The van der Waals surface area contributed by atoms with Crippen LogP contribution in [0.2, 0.25) is 0 Å². The lowest BCUT2D eigenvalue weighted by molar-refractivity contribution is 0.464. The Bertz CT molecular complexity index is 447. The summed E-state index contributed by atoms with van der Waals surface area (Å²) in [7, 11) is 0. The molecule has 0 spiro atoms. The van der Waals surface area contributed by atoms with E-state index in [-0.39, 0.29) is 0 Å². The van der Waals surface area contributed by atoms with Crippen LogP contribution in [0.25, 0.3) is 0 Å². The first-order valence-electron chi connectivity index (χ1n) is 8.17. The van der Waals surface area contributed by atoms with Crippen molar-refractivity contribution in [1.29, 1.82) is 0 Å². The maximum atomic E-state index is 4.96. The van der Waals surface area contributed by atoms with E-state index in [0.717, 1.165) is 18.4 Å². The van der Waals surface area contributed by atoms with Crippen molar-refractivity contribution in [2.45, 2.75) is 52.5 Å². The van der Waals surface area contributed by atoms with Gasteiger partial charge in [-0.15, -0.1) is 0 Å². The first-order valence-corrected chi connectivity index (χ1v) is 8.98. The fraction of sp³-hybridized carbons (Fsp3) is 0.812. The summed E-state index contributed by atoms with van der Waals surface area (Å²) >= 11 is 1.95. The summed E-state index contributed by atoms with van der Waals surface area (Å²) < 4.78 is 0. The molecule has 1 aliphatic heterocycles. The van der Waals surface area contributed by atoms with Crippen LogP contribution in [0.4, 0.5) is 5.13 Å². The Morgan fingerprint density at radius 1 is 1.30 bits per heavy atom. The van der Waals surface area contributed by atoms with Crippen molar-refractivity contribution in [3.05, 3.63) is 10.6 Å². The Morgan fingerprint density at radius 2 is 2.05 bits per heavy atom. The van der Waals surface area contributed by atoms with Crippen LogP contribution in [0.3, 0.4) is 0 Å². The largest absolute Gasteiger partial charge is 0.348 e. The zero-order chi connectivity index (χ0) is 14.1. The van der Waals surface area contributed by atoms with Crippen LogP contribution in [0.1, 0.15) is 56.6 Å². The van der Waals surface area contributed by atoms with Gasteiger partial charge in [0, 0.05) is 24.0 Å². The fourth-order valence-electron chi connectivity index (χ4n) is 3.34. The second-order valence-electron chi connectivity index (χ2n) is 6.57. The standard InChI is InChI=1S/C16H27N3S/c1-4-8-17-13-6-5-7-14-15(13)20-16(18-14)19-9-11(2)12(3)10-19/h11-13,17H,4-10H2,1-3H3. The molecule has 4 heteroatoms. The van der Waals surface area contributed by atoms with Gasteiger partial charge in [-0.3, -0.25) is 0 Å². The number of nitrogens with zero attached hydrogens (tertiary/aromatic N) is 2. The monoisotopic (exact) mass is 293 g/mol. The molecule has 20 heavy (non-hydrogen) atoms. The average Bonchev–Trinajstić information content (AvgIpc) is 3.01. The van der Waals surface area contributed by atoms with Crippen molar-refractivity contribution in [3.8, 4) is 0 Å². The molecule has 1 N–H and O–H groups in total. The Labute approximate surface area is 126 Å². The number of hydrogen-bond acceptors (Lipinski definition) is 4. The lowest BCUT2D eigenvalue weighted by Crippen LogP contribution is -2.24. The number of nitrogens with one attached hydrogen (secondary N) is 1. The van der Waals surface area contributed by atoms with Gasteiger partial charge < -0.3 is 10.2 Å². The van der Waals surface area contributed by atoms with Crippen molar-refractivity contribution in [3.63, 3.8) is 0 Å². The first kappa shape index (κ1) is 14.3. The van der Waals surface area contributed by atoms with Crippen molar-refractivity contribution < 1.29 is 0 Å². The normalized spacial score (nSPS) is 29.8. The van der Waals surface area contributed by atoms with E-state index in [9.17, 15) is 0 Å². The topological polar surface area (TPSA) is 28.2 Å². The van der Waals surface area contributed by atoms with E-state index in [1.165, 1.54) is 54.5 Å². The highest BCUT2D eigenvalue weighted by atomic mass is 32.1. The molecule has 1 fully saturated rings. The molecule has 3 atom stereocenters. The van der Waals surface area contributed by atoms with E-state index >= 15 is 0 Å². The van der Waals surface area contributed by atoms with E-state index < -0.39 is 0 Å². The van der Waals surface area contributed by atoms with Crippen molar-refractivity contribution in [2.24, 2.45) is 11.8 Å². The third-order valence-electron chi connectivity index (χ3n) is 4.84. The number of fused-ring (bicyclic) bond motifs is 1. The molecule has 0 aromatic carbocycles. The first-order chi connectivity index (χ1) is 9.69. The Hall–Kier alpha value is -0.610. The summed E-state index contributed by atoms with van der Waals surface area (Å²) in [6, 6.07) is 0.558. The lowest BCUT2D eigenvalue weighted by atomic mass is 9.98. The maximum Gasteiger partial charge on any atom is 0.185 e. The number of aryl methyl sites for hydroxylation is 1. The van der Waals surface area contributed by atoms with E-state index in [1.807, 2.05) is 11.3 Å². The van der Waals surface area contributed by atoms with Gasteiger partial charge >= 0.3 is 0 Å². The van der Waals surface area contributed by atoms with Gasteiger partial charge in [-0.25, -0.2) is 4.98 Å². The number of aromatic nitrogens is 1. The minimum Gasteiger partial charge on any atom is -0.348 e. The van der Waals surface area contributed by atoms with E-state index in [0.29, 0.717) is 6.04 Å². The van der Waals surface area contributed by atoms with Crippen LogP contribution in [0.5, 0.6) is 0 Å².